The summed E-state index contributed by atoms with van der Waals surface area (Å²) in [5, 5.41) is 7.25. The van der Waals surface area contributed by atoms with E-state index >= 15 is 0 Å². The van der Waals surface area contributed by atoms with Crippen LogP contribution < -0.4 is 4.74 Å². The first-order valence-electron chi connectivity index (χ1n) is 11.3. The Balaban J connectivity index is 1.31. The van der Waals surface area contributed by atoms with Crippen LogP contribution in [0.25, 0.3) is 0 Å². The first-order chi connectivity index (χ1) is 15.1. The lowest BCUT2D eigenvalue weighted by molar-refractivity contribution is -0.134. The minimum atomic E-state index is -0.0398. The normalized spacial score (nSPS) is 18.0. The van der Waals surface area contributed by atoms with Crippen molar-refractivity contribution in [1.82, 2.24) is 25.0 Å². The van der Waals surface area contributed by atoms with E-state index in [1.54, 1.807) is 24.5 Å². The zero-order valence-corrected chi connectivity index (χ0v) is 18.1. The number of carbonyl (C=O) groups excluding carboxylic acids is 2. The molecule has 31 heavy (non-hydrogen) atoms. The molecule has 0 radical (unpaired) electrons. The van der Waals surface area contributed by atoms with Gasteiger partial charge in [-0.2, -0.15) is 5.10 Å². The summed E-state index contributed by atoms with van der Waals surface area (Å²) in [5.74, 6) is 0.662. The van der Waals surface area contributed by atoms with Crippen molar-refractivity contribution in [2.45, 2.75) is 56.9 Å². The number of ether oxygens (including phenoxy) is 1. The van der Waals surface area contributed by atoms with Gasteiger partial charge < -0.3 is 14.5 Å². The summed E-state index contributed by atoms with van der Waals surface area (Å²) < 4.78 is 5.49. The van der Waals surface area contributed by atoms with Crippen molar-refractivity contribution in [3.8, 4) is 5.88 Å². The molecule has 1 saturated heterocycles. The minimum Gasteiger partial charge on any atom is -0.468 e. The molecule has 4 rings (SSSR count). The van der Waals surface area contributed by atoms with E-state index in [1.165, 1.54) is 19.3 Å². The maximum absolute atomic E-state index is 13.1. The average Bonchev–Trinajstić information content (AvgIpc) is 3.33. The van der Waals surface area contributed by atoms with Gasteiger partial charge in [0, 0.05) is 44.4 Å². The van der Waals surface area contributed by atoms with Crippen LogP contribution in [-0.4, -0.2) is 69.6 Å². The quantitative estimate of drug-likeness (QED) is 0.768. The number of amides is 2. The second-order valence-corrected chi connectivity index (χ2v) is 8.52. The topological polar surface area (TPSA) is 91.4 Å². The van der Waals surface area contributed by atoms with E-state index in [0.29, 0.717) is 30.6 Å². The van der Waals surface area contributed by atoms with Gasteiger partial charge >= 0.3 is 0 Å². The Labute approximate surface area is 183 Å². The summed E-state index contributed by atoms with van der Waals surface area (Å²) in [7, 11) is 1.91. The Hall–Kier alpha value is -2.90. The number of H-pyrrole nitrogens is 1. The molecule has 0 atom stereocenters. The monoisotopic (exact) mass is 425 g/mol. The second kappa shape index (κ2) is 9.94. The Morgan fingerprint density at radius 3 is 2.65 bits per heavy atom. The van der Waals surface area contributed by atoms with Crippen LogP contribution >= 0.6 is 0 Å². The SMILES string of the molecule is CN(C(=O)c1cn[nH]c1C1CCN(C(=O)COc2ccccn2)CC1)C1CCCCC1. The molecule has 0 aromatic carbocycles. The highest BCUT2D eigenvalue weighted by atomic mass is 16.5. The molecular weight excluding hydrogens is 394 g/mol. The van der Waals surface area contributed by atoms with E-state index in [1.807, 2.05) is 22.9 Å². The minimum absolute atomic E-state index is 0.0122. The molecule has 1 aliphatic carbocycles. The van der Waals surface area contributed by atoms with Gasteiger partial charge in [0.05, 0.1) is 17.5 Å². The van der Waals surface area contributed by atoms with E-state index in [9.17, 15) is 9.59 Å². The number of carbonyl (C=O) groups is 2. The summed E-state index contributed by atoms with van der Waals surface area (Å²) in [6, 6.07) is 5.69. The summed E-state index contributed by atoms with van der Waals surface area (Å²) in [5.41, 5.74) is 1.58. The highest BCUT2D eigenvalue weighted by Crippen LogP contribution is 2.30. The molecule has 0 spiro atoms. The van der Waals surface area contributed by atoms with Gasteiger partial charge in [-0.05, 0) is 31.7 Å². The number of pyridine rings is 1. The van der Waals surface area contributed by atoms with Crippen molar-refractivity contribution < 1.29 is 14.3 Å². The molecule has 2 amide bonds. The van der Waals surface area contributed by atoms with Crippen LogP contribution in [0.4, 0.5) is 0 Å². The van der Waals surface area contributed by atoms with E-state index in [4.69, 9.17) is 4.74 Å². The number of likely N-dealkylation sites (tertiary alicyclic amines) is 1. The lowest BCUT2D eigenvalue weighted by Gasteiger charge is -2.33. The molecule has 8 nitrogen and oxygen atoms in total. The Morgan fingerprint density at radius 2 is 1.94 bits per heavy atom. The van der Waals surface area contributed by atoms with Crippen LogP contribution in [0.5, 0.6) is 5.88 Å². The number of aromatic amines is 1. The number of hydrogen-bond acceptors (Lipinski definition) is 5. The number of nitrogens with zero attached hydrogens (tertiary/aromatic N) is 4. The van der Waals surface area contributed by atoms with Crippen molar-refractivity contribution in [3.63, 3.8) is 0 Å². The van der Waals surface area contributed by atoms with E-state index in [2.05, 4.69) is 15.2 Å². The number of piperidine rings is 1. The van der Waals surface area contributed by atoms with E-state index in [-0.39, 0.29) is 24.3 Å². The number of rotatable bonds is 6. The number of hydrogen-bond donors (Lipinski definition) is 1. The lowest BCUT2D eigenvalue weighted by Crippen LogP contribution is -2.41. The second-order valence-electron chi connectivity index (χ2n) is 8.52. The molecular formula is C23H31N5O3. The van der Waals surface area contributed by atoms with Gasteiger partial charge in [-0.15, -0.1) is 0 Å². The van der Waals surface area contributed by atoms with Crippen LogP contribution in [-0.2, 0) is 4.79 Å². The van der Waals surface area contributed by atoms with Crippen molar-refractivity contribution in [1.29, 1.82) is 0 Å². The summed E-state index contributed by atoms with van der Waals surface area (Å²) in [6.07, 6.45) is 10.7. The third-order valence-electron chi connectivity index (χ3n) is 6.58. The van der Waals surface area contributed by atoms with Gasteiger partial charge in [0.2, 0.25) is 5.88 Å². The van der Waals surface area contributed by atoms with Crippen LogP contribution in [0.3, 0.4) is 0 Å². The first-order valence-corrected chi connectivity index (χ1v) is 11.3. The highest BCUT2D eigenvalue weighted by molar-refractivity contribution is 5.95. The molecule has 3 heterocycles. The smallest absolute Gasteiger partial charge is 0.260 e. The van der Waals surface area contributed by atoms with Gasteiger partial charge in [0.1, 0.15) is 0 Å². The zero-order valence-electron chi connectivity index (χ0n) is 18.1. The molecule has 0 bridgehead atoms. The highest BCUT2D eigenvalue weighted by Gasteiger charge is 2.31. The predicted octanol–water partition coefficient (Wildman–Crippen LogP) is 2.99. The van der Waals surface area contributed by atoms with Gasteiger partial charge in [0.25, 0.3) is 11.8 Å². The molecule has 2 fully saturated rings. The molecule has 0 unspecified atom stereocenters. The summed E-state index contributed by atoms with van der Waals surface area (Å²) >= 11 is 0. The predicted molar refractivity (Wildman–Crippen MR) is 116 cm³/mol. The first kappa shape index (κ1) is 21.3. The van der Waals surface area contributed by atoms with E-state index in [0.717, 1.165) is 31.4 Å². The summed E-state index contributed by atoms with van der Waals surface area (Å²) in [4.78, 5) is 33.4. The fourth-order valence-corrected chi connectivity index (χ4v) is 4.68. The van der Waals surface area contributed by atoms with Crippen LogP contribution in [0.1, 0.15) is 66.9 Å². The molecule has 1 N–H and O–H groups in total. The molecule has 8 heteroatoms. The fraction of sp³-hybridized carbons (Fsp3) is 0.565. The van der Waals surface area contributed by atoms with Crippen molar-refractivity contribution in [3.05, 3.63) is 41.9 Å². The van der Waals surface area contributed by atoms with Gasteiger partial charge in [-0.3, -0.25) is 14.7 Å². The van der Waals surface area contributed by atoms with Gasteiger partial charge in [-0.25, -0.2) is 4.98 Å². The molecule has 1 aliphatic heterocycles. The largest absolute Gasteiger partial charge is 0.468 e. The maximum atomic E-state index is 13.1. The molecule has 2 aliphatic rings. The summed E-state index contributed by atoms with van der Waals surface area (Å²) in [6.45, 7) is 1.27. The average molecular weight is 426 g/mol. The number of aromatic nitrogens is 3. The molecule has 2 aromatic rings. The van der Waals surface area contributed by atoms with Crippen molar-refractivity contribution in [2.75, 3.05) is 26.7 Å². The van der Waals surface area contributed by atoms with Crippen molar-refractivity contribution >= 4 is 11.8 Å². The van der Waals surface area contributed by atoms with Crippen molar-refractivity contribution in [2.24, 2.45) is 0 Å². The van der Waals surface area contributed by atoms with Crippen LogP contribution in [0, 0.1) is 0 Å². The third-order valence-corrected chi connectivity index (χ3v) is 6.58. The maximum Gasteiger partial charge on any atom is 0.260 e. The Kier molecular flexibility index (Phi) is 6.84. The van der Waals surface area contributed by atoms with Crippen LogP contribution in [0.2, 0.25) is 0 Å². The standard InChI is InChI=1S/C23H31N5O3/c1-27(18-7-3-2-4-8-18)23(30)19-15-25-26-22(19)17-10-13-28(14-11-17)21(29)16-31-20-9-5-6-12-24-20/h5-6,9,12,15,17-18H,2-4,7-8,10-11,13-14,16H2,1H3,(H,25,26). The van der Waals surface area contributed by atoms with E-state index < -0.39 is 0 Å². The Morgan fingerprint density at radius 1 is 1.16 bits per heavy atom. The molecule has 166 valence electrons. The van der Waals surface area contributed by atoms with Gasteiger partial charge in [0.15, 0.2) is 6.61 Å². The van der Waals surface area contributed by atoms with Crippen LogP contribution in [0.15, 0.2) is 30.6 Å². The zero-order chi connectivity index (χ0) is 21.6. The molecule has 2 aromatic heterocycles. The lowest BCUT2D eigenvalue weighted by atomic mass is 9.90. The third kappa shape index (κ3) is 5.06. The number of nitrogens with one attached hydrogen (secondary N) is 1. The Bertz CT molecular complexity index is 870. The molecule has 1 saturated carbocycles. The van der Waals surface area contributed by atoms with Gasteiger partial charge in [-0.1, -0.05) is 25.3 Å². The fourth-order valence-electron chi connectivity index (χ4n) is 4.68.